The lowest BCUT2D eigenvalue weighted by molar-refractivity contribution is -0.136. The van der Waals surface area contributed by atoms with Gasteiger partial charge in [-0.1, -0.05) is 5.92 Å². The average molecular weight is 240 g/mol. The minimum atomic E-state index is -1.06. The topological polar surface area (TPSA) is 35.5 Å². The van der Waals surface area contributed by atoms with Crippen LogP contribution in [0.1, 0.15) is 12.5 Å². The lowest BCUT2D eigenvalue weighted by atomic mass is 10.2. The fourth-order valence-corrected chi connectivity index (χ4v) is 1.08. The Morgan fingerprint density at radius 1 is 1.35 bits per heavy atom. The molecule has 0 heterocycles. The van der Waals surface area contributed by atoms with E-state index in [1.807, 2.05) is 0 Å². The Kier molecular flexibility index (Phi) is 4.46. The van der Waals surface area contributed by atoms with Crippen molar-refractivity contribution in [2.45, 2.75) is 6.92 Å². The summed E-state index contributed by atoms with van der Waals surface area (Å²) in [5.41, 5.74) is 0.0828. The van der Waals surface area contributed by atoms with Crippen molar-refractivity contribution in [3.63, 3.8) is 0 Å². The number of ether oxygens (including phenoxy) is 2. The molecule has 0 spiro atoms. The quantitative estimate of drug-likeness (QED) is 0.585. The number of carbonyl (C=O) groups is 1. The zero-order chi connectivity index (χ0) is 12.8. The third-order valence-electron chi connectivity index (χ3n) is 1.82. The number of benzene rings is 1. The predicted molar refractivity (Wildman–Crippen MR) is 56.4 cm³/mol. The van der Waals surface area contributed by atoms with Crippen LogP contribution in [0.4, 0.5) is 8.78 Å². The van der Waals surface area contributed by atoms with Gasteiger partial charge in [-0.2, -0.15) is 0 Å². The van der Waals surface area contributed by atoms with E-state index >= 15 is 0 Å². The molecule has 1 aromatic carbocycles. The van der Waals surface area contributed by atoms with Gasteiger partial charge in [-0.25, -0.2) is 13.6 Å². The molecule has 3 nitrogen and oxygen atoms in total. The maximum absolute atomic E-state index is 13.0. The molecule has 17 heavy (non-hydrogen) atoms. The van der Waals surface area contributed by atoms with Crippen molar-refractivity contribution in [3.8, 4) is 17.6 Å². The Morgan fingerprint density at radius 2 is 2.00 bits per heavy atom. The number of carbonyl (C=O) groups excluding carboxylic acids is 1. The van der Waals surface area contributed by atoms with Crippen LogP contribution in [0.3, 0.4) is 0 Å². The van der Waals surface area contributed by atoms with Gasteiger partial charge in [0.25, 0.3) is 0 Å². The molecule has 0 bridgehead atoms. The molecule has 0 aromatic heterocycles. The number of hydrogen-bond acceptors (Lipinski definition) is 3. The van der Waals surface area contributed by atoms with Gasteiger partial charge in [0.2, 0.25) is 0 Å². The van der Waals surface area contributed by atoms with E-state index < -0.39 is 17.6 Å². The third-order valence-corrected chi connectivity index (χ3v) is 1.82. The molecular formula is C12H10F2O3. The molecule has 90 valence electrons. The number of esters is 1. The Labute approximate surface area is 97.3 Å². The molecule has 0 radical (unpaired) electrons. The molecule has 0 amide bonds. The summed E-state index contributed by atoms with van der Waals surface area (Å²) in [7, 11) is 1.29. The second-order valence-corrected chi connectivity index (χ2v) is 2.94. The highest BCUT2D eigenvalue weighted by atomic mass is 19.2. The first-order valence-corrected chi connectivity index (χ1v) is 4.80. The van der Waals surface area contributed by atoms with Crippen molar-refractivity contribution < 1.29 is 23.0 Å². The van der Waals surface area contributed by atoms with Gasteiger partial charge >= 0.3 is 5.97 Å². The molecular weight excluding hydrogens is 230 g/mol. The van der Waals surface area contributed by atoms with Crippen LogP contribution in [-0.2, 0) is 9.53 Å². The summed E-state index contributed by atoms with van der Waals surface area (Å²) in [5.74, 6) is 1.73. The van der Waals surface area contributed by atoms with Crippen LogP contribution in [0.15, 0.2) is 12.1 Å². The van der Waals surface area contributed by atoms with Gasteiger partial charge in [-0.3, -0.25) is 0 Å². The Bertz CT molecular complexity index is 487. The monoisotopic (exact) mass is 240 g/mol. The fraction of sp³-hybridized carbons (Fsp3) is 0.250. The van der Waals surface area contributed by atoms with E-state index in [0.29, 0.717) is 0 Å². The van der Waals surface area contributed by atoms with Crippen molar-refractivity contribution in [1.29, 1.82) is 0 Å². The molecule has 0 saturated heterocycles. The highest BCUT2D eigenvalue weighted by molar-refractivity contribution is 5.89. The van der Waals surface area contributed by atoms with E-state index in [1.54, 1.807) is 6.92 Å². The second kappa shape index (κ2) is 5.85. The van der Waals surface area contributed by atoms with Gasteiger partial charge in [0.05, 0.1) is 19.3 Å². The van der Waals surface area contributed by atoms with Crippen LogP contribution in [0, 0.1) is 23.5 Å². The number of hydrogen-bond donors (Lipinski definition) is 0. The smallest absolute Gasteiger partial charge is 0.384 e. The fourth-order valence-electron chi connectivity index (χ4n) is 1.08. The minimum absolute atomic E-state index is 0.0562. The minimum Gasteiger partial charge on any atom is -0.495 e. The van der Waals surface area contributed by atoms with Crippen molar-refractivity contribution in [2.24, 2.45) is 0 Å². The predicted octanol–water partition coefficient (Wildman–Crippen LogP) is 1.89. The van der Waals surface area contributed by atoms with E-state index in [1.165, 1.54) is 7.11 Å². The summed E-state index contributed by atoms with van der Waals surface area (Å²) in [5, 5.41) is 0. The molecule has 0 unspecified atom stereocenters. The molecule has 0 saturated carbocycles. The van der Waals surface area contributed by atoms with E-state index in [-0.39, 0.29) is 17.9 Å². The van der Waals surface area contributed by atoms with E-state index in [9.17, 15) is 13.6 Å². The van der Waals surface area contributed by atoms with Crippen LogP contribution in [0.5, 0.6) is 5.75 Å². The maximum Gasteiger partial charge on any atom is 0.384 e. The Balaban J connectivity index is 3.05. The molecule has 5 heteroatoms. The van der Waals surface area contributed by atoms with E-state index in [0.717, 1.165) is 12.1 Å². The molecule has 0 aliphatic rings. The molecule has 1 rings (SSSR count). The number of methoxy groups -OCH3 is 1. The SMILES string of the molecule is CCOC(=O)C#Cc1cc(F)c(F)cc1OC. The summed E-state index contributed by atoms with van der Waals surface area (Å²) in [6.45, 7) is 1.83. The largest absolute Gasteiger partial charge is 0.495 e. The summed E-state index contributed by atoms with van der Waals surface area (Å²) in [6.07, 6.45) is 0. The summed E-state index contributed by atoms with van der Waals surface area (Å²) in [4.78, 5) is 11.0. The molecule has 0 N–H and O–H groups in total. The first-order chi connectivity index (χ1) is 8.08. The van der Waals surface area contributed by atoms with Gasteiger partial charge in [-0.05, 0) is 13.0 Å². The van der Waals surface area contributed by atoms with Crippen LogP contribution in [0.2, 0.25) is 0 Å². The standard InChI is InChI=1S/C12H10F2O3/c1-3-17-12(15)5-4-8-6-9(13)10(14)7-11(8)16-2/h6-7H,3H2,1-2H3. The summed E-state index contributed by atoms with van der Waals surface area (Å²) >= 11 is 0. The lowest BCUT2D eigenvalue weighted by Crippen LogP contribution is -2.00. The highest BCUT2D eigenvalue weighted by Crippen LogP contribution is 2.20. The lowest BCUT2D eigenvalue weighted by Gasteiger charge is -2.03. The Hall–Kier alpha value is -2.09. The van der Waals surface area contributed by atoms with Gasteiger partial charge in [0.15, 0.2) is 11.6 Å². The van der Waals surface area contributed by atoms with Crippen molar-refractivity contribution in [1.82, 2.24) is 0 Å². The van der Waals surface area contributed by atoms with Crippen molar-refractivity contribution in [3.05, 3.63) is 29.3 Å². The van der Waals surface area contributed by atoms with Crippen molar-refractivity contribution in [2.75, 3.05) is 13.7 Å². The first kappa shape index (κ1) is 13.0. The van der Waals surface area contributed by atoms with E-state index in [4.69, 9.17) is 4.74 Å². The summed E-state index contributed by atoms with van der Waals surface area (Å²) in [6, 6.07) is 1.73. The van der Waals surface area contributed by atoms with Crippen LogP contribution in [-0.4, -0.2) is 19.7 Å². The van der Waals surface area contributed by atoms with E-state index in [2.05, 4.69) is 16.6 Å². The van der Waals surface area contributed by atoms with Gasteiger partial charge in [0, 0.05) is 12.0 Å². The van der Waals surface area contributed by atoms with Crippen LogP contribution in [0.25, 0.3) is 0 Å². The third kappa shape index (κ3) is 3.45. The van der Waals surface area contributed by atoms with Crippen LogP contribution < -0.4 is 4.74 Å². The van der Waals surface area contributed by atoms with Gasteiger partial charge < -0.3 is 9.47 Å². The van der Waals surface area contributed by atoms with Crippen molar-refractivity contribution >= 4 is 5.97 Å². The molecule has 0 aliphatic heterocycles. The average Bonchev–Trinajstić information content (AvgIpc) is 2.30. The molecule has 0 atom stereocenters. The van der Waals surface area contributed by atoms with Crippen LogP contribution >= 0.6 is 0 Å². The Morgan fingerprint density at radius 3 is 2.59 bits per heavy atom. The van der Waals surface area contributed by atoms with Gasteiger partial charge in [0.1, 0.15) is 5.75 Å². The summed E-state index contributed by atoms with van der Waals surface area (Å²) < 4.78 is 35.2. The normalized spacial score (nSPS) is 9.18. The van der Waals surface area contributed by atoms with Gasteiger partial charge in [-0.15, -0.1) is 0 Å². The second-order valence-electron chi connectivity index (χ2n) is 2.94. The molecule has 0 aliphatic carbocycles. The highest BCUT2D eigenvalue weighted by Gasteiger charge is 2.08. The maximum atomic E-state index is 13.0. The zero-order valence-corrected chi connectivity index (χ0v) is 9.34. The molecule has 1 aromatic rings. The first-order valence-electron chi connectivity index (χ1n) is 4.80. The number of rotatable bonds is 2. The number of halogens is 2. The zero-order valence-electron chi connectivity index (χ0n) is 9.34. The molecule has 0 fully saturated rings.